The number of carbonyl (C=O) groups is 1. The second-order valence-corrected chi connectivity index (χ2v) is 6.08. The maximum atomic E-state index is 11.7. The van der Waals surface area contributed by atoms with Crippen LogP contribution in [0.1, 0.15) is 34.1 Å². The molecule has 0 aromatic rings. The molecule has 0 heterocycles. The van der Waals surface area contributed by atoms with Crippen molar-refractivity contribution in [1.82, 2.24) is 20.9 Å². The second-order valence-electron chi connectivity index (χ2n) is 6.08. The largest absolute Gasteiger partial charge is 0.357 e. The van der Waals surface area contributed by atoms with Crippen molar-refractivity contribution in [3.63, 3.8) is 0 Å². The maximum absolute atomic E-state index is 11.7. The molecule has 0 aliphatic carbocycles. The zero-order chi connectivity index (χ0) is 15.6. The van der Waals surface area contributed by atoms with E-state index in [0.717, 1.165) is 26.1 Å². The molecule has 6 nitrogen and oxygen atoms in total. The third kappa shape index (κ3) is 11.8. The van der Waals surface area contributed by atoms with Gasteiger partial charge in [0.1, 0.15) is 6.54 Å². The van der Waals surface area contributed by atoms with Crippen LogP contribution in [0.2, 0.25) is 0 Å². The highest BCUT2D eigenvalue weighted by molar-refractivity contribution is 5.85. The Kier molecular flexibility index (Phi) is 8.96. The van der Waals surface area contributed by atoms with Gasteiger partial charge in [0.25, 0.3) is 0 Å². The molecule has 0 fully saturated rings. The van der Waals surface area contributed by atoms with Gasteiger partial charge < -0.3 is 20.9 Å². The molecular formula is C14H31N5O. The summed E-state index contributed by atoms with van der Waals surface area (Å²) < 4.78 is 0. The van der Waals surface area contributed by atoms with Crippen LogP contribution in [0.5, 0.6) is 0 Å². The minimum Gasteiger partial charge on any atom is -0.357 e. The lowest BCUT2D eigenvalue weighted by atomic mass is 10.1. The first-order valence-electron chi connectivity index (χ1n) is 7.22. The van der Waals surface area contributed by atoms with E-state index in [4.69, 9.17) is 0 Å². The van der Waals surface area contributed by atoms with Gasteiger partial charge in [-0.25, -0.2) is 4.99 Å². The Morgan fingerprint density at radius 2 is 1.85 bits per heavy atom. The Balaban J connectivity index is 4.15. The van der Waals surface area contributed by atoms with Crippen molar-refractivity contribution in [3.8, 4) is 0 Å². The molecule has 0 radical (unpaired) electrons. The Morgan fingerprint density at radius 3 is 2.35 bits per heavy atom. The van der Waals surface area contributed by atoms with E-state index in [-0.39, 0.29) is 18.0 Å². The molecule has 0 unspecified atom stereocenters. The lowest BCUT2D eigenvalue weighted by molar-refractivity contribution is -0.121. The van der Waals surface area contributed by atoms with Crippen LogP contribution in [0, 0.1) is 0 Å². The minimum atomic E-state index is -0.218. The van der Waals surface area contributed by atoms with Crippen molar-refractivity contribution in [2.45, 2.75) is 39.7 Å². The molecule has 20 heavy (non-hydrogen) atoms. The van der Waals surface area contributed by atoms with Crippen molar-refractivity contribution in [3.05, 3.63) is 0 Å². The number of carbonyl (C=O) groups excluding carboxylic acids is 1. The van der Waals surface area contributed by atoms with Crippen LogP contribution in [0.15, 0.2) is 4.99 Å². The van der Waals surface area contributed by atoms with Crippen molar-refractivity contribution < 1.29 is 4.79 Å². The van der Waals surface area contributed by atoms with Crippen molar-refractivity contribution in [1.29, 1.82) is 0 Å². The van der Waals surface area contributed by atoms with E-state index in [1.807, 2.05) is 27.7 Å². The first kappa shape index (κ1) is 18.7. The van der Waals surface area contributed by atoms with E-state index in [9.17, 15) is 4.79 Å². The fourth-order valence-electron chi connectivity index (χ4n) is 1.55. The average Bonchev–Trinajstić information content (AvgIpc) is 2.28. The number of amides is 1. The van der Waals surface area contributed by atoms with E-state index in [1.54, 1.807) is 0 Å². The van der Waals surface area contributed by atoms with E-state index in [0.29, 0.717) is 5.96 Å². The van der Waals surface area contributed by atoms with Crippen molar-refractivity contribution >= 4 is 11.9 Å². The molecule has 0 bridgehead atoms. The number of hydrogen-bond donors (Lipinski definition) is 3. The van der Waals surface area contributed by atoms with Gasteiger partial charge in [-0.15, -0.1) is 0 Å². The highest BCUT2D eigenvalue weighted by atomic mass is 16.2. The van der Waals surface area contributed by atoms with E-state index in [1.165, 1.54) is 0 Å². The third-order valence-corrected chi connectivity index (χ3v) is 2.31. The lowest BCUT2D eigenvalue weighted by Crippen LogP contribution is -2.43. The van der Waals surface area contributed by atoms with E-state index < -0.39 is 0 Å². The van der Waals surface area contributed by atoms with Crippen LogP contribution in [-0.4, -0.2) is 62.6 Å². The summed E-state index contributed by atoms with van der Waals surface area (Å²) in [6, 6.07) is 0. The molecule has 0 saturated carbocycles. The summed E-state index contributed by atoms with van der Waals surface area (Å²) in [5.41, 5.74) is -0.218. The molecule has 0 aromatic heterocycles. The second kappa shape index (κ2) is 9.58. The molecule has 0 spiro atoms. The lowest BCUT2D eigenvalue weighted by Gasteiger charge is -2.20. The summed E-state index contributed by atoms with van der Waals surface area (Å²) in [5, 5.41) is 9.25. The van der Waals surface area contributed by atoms with Gasteiger partial charge >= 0.3 is 0 Å². The molecule has 0 rings (SSSR count). The summed E-state index contributed by atoms with van der Waals surface area (Å²) in [7, 11) is 4.10. The van der Waals surface area contributed by atoms with Gasteiger partial charge in [-0.05, 0) is 54.8 Å². The topological polar surface area (TPSA) is 68.8 Å². The summed E-state index contributed by atoms with van der Waals surface area (Å²) in [6.45, 7) is 10.7. The van der Waals surface area contributed by atoms with Crippen LogP contribution in [0.25, 0.3) is 0 Å². The molecule has 1 amide bonds. The zero-order valence-corrected chi connectivity index (χ0v) is 13.8. The predicted molar refractivity (Wildman–Crippen MR) is 85.0 cm³/mol. The molecule has 0 aliphatic rings. The molecule has 6 heteroatoms. The summed E-state index contributed by atoms with van der Waals surface area (Å²) in [5.74, 6) is 0.623. The van der Waals surface area contributed by atoms with E-state index in [2.05, 4.69) is 39.9 Å². The van der Waals surface area contributed by atoms with Gasteiger partial charge in [0.15, 0.2) is 5.96 Å². The van der Waals surface area contributed by atoms with E-state index >= 15 is 0 Å². The molecule has 0 saturated heterocycles. The Morgan fingerprint density at radius 1 is 1.20 bits per heavy atom. The highest BCUT2D eigenvalue weighted by Crippen LogP contribution is 1.97. The monoisotopic (exact) mass is 285 g/mol. The Labute approximate surface area is 123 Å². The normalized spacial score (nSPS) is 12.4. The fourth-order valence-corrected chi connectivity index (χ4v) is 1.55. The third-order valence-electron chi connectivity index (χ3n) is 2.31. The first-order valence-corrected chi connectivity index (χ1v) is 7.22. The Hall–Kier alpha value is -1.30. The van der Waals surface area contributed by atoms with Gasteiger partial charge in [-0.2, -0.15) is 0 Å². The summed E-state index contributed by atoms with van der Waals surface area (Å²) in [6.07, 6.45) is 1.03. The van der Waals surface area contributed by atoms with Crippen LogP contribution in [0.4, 0.5) is 0 Å². The first-order chi connectivity index (χ1) is 9.24. The van der Waals surface area contributed by atoms with Gasteiger partial charge in [0, 0.05) is 18.6 Å². The van der Waals surface area contributed by atoms with Gasteiger partial charge in [-0.1, -0.05) is 0 Å². The molecule has 3 N–H and O–H groups in total. The number of rotatable bonds is 7. The zero-order valence-electron chi connectivity index (χ0n) is 13.8. The van der Waals surface area contributed by atoms with Gasteiger partial charge in [0.05, 0.1) is 0 Å². The van der Waals surface area contributed by atoms with Gasteiger partial charge in [-0.3, -0.25) is 4.79 Å². The molecule has 0 atom stereocenters. The maximum Gasteiger partial charge on any atom is 0.242 e. The molecule has 0 aliphatic heterocycles. The number of guanidine groups is 1. The molecule has 0 aromatic carbocycles. The fraction of sp³-hybridized carbons (Fsp3) is 0.857. The summed E-state index contributed by atoms with van der Waals surface area (Å²) in [4.78, 5) is 18.1. The quantitative estimate of drug-likeness (QED) is 0.360. The molecule has 118 valence electrons. The summed E-state index contributed by atoms with van der Waals surface area (Å²) >= 11 is 0. The highest BCUT2D eigenvalue weighted by Gasteiger charge is 2.13. The van der Waals surface area contributed by atoms with Crippen LogP contribution in [0.3, 0.4) is 0 Å². The Bertz CT molecular complexity index is 307. The van der Waals surface area contributed by atoms with Crippen LogP contribution < -0.4 is 16.0 Å². The van der Waals surface area contributed by atoms with Crippen molar-refractivity contribution in [2.24, 2.45) is 4.99 Å². The predicted octanol–water partition coefficient (Wildman–Crippen LogP) is 0.408. The minimum absolute atomic E-state index is 0.0667. The SMILES string of the molecule is CCNC(=NCC(=O)NC(C)(C)C)NCCCN(C)C. The smallest absolute Gasteiger partial charge is 0.242 e. The van der Waals surface area contributed by atoms with Gasteiger partial charge in [0.2, 0.25) is 5.91 Å². The molecular weight excluding hydrogens is 254 g/mol. The average molecular weight is 285 g/mol. The van der Waals surface area contributed by atoms with Crippen LogP contribution >= 0.6 is 0 Å². The number of nitrogens with zero attached hydrogens (tertiary/aromatic N) is 2. The number of hydrogen-bond acceptors (Lipinski definition) is 3. The van der Waals surface area contributed by atoms with Crippen molar-refractivity contribution in [2.75, 3.05) is 40.3 Å². The number of aliphatic imine (C=N–C) groups is 1. The standard InChI is InChI=1S/C14H31N5O/c1-7-15-13(16-9-8-10-19(5)6)17-11-12(20)18-14(2,3)4/h7-11H2,1-6H3,(H,18,20)(H2,15,16,17). The van der Waals surface area contributed by atoms with Crippen LogP contribution in [-0.2, 0) is 4.79 Å². The number of nitrogens with one attached hydrogen (secondary N) is 3.